The van der Waals surface area contributed by atoms with Crippen molar-refractivity contribution in [2.75, 3.05) is 13.7 Å². The number of fused-ring (bicyclic) bond motifs is 1. The van der Waals surface area contributed by atoms with Crippen LogP contribution in [0.15, 0.2) is 24.8 Å². The molecule has 0 atom stereocenters. The van der Waals surface area contributed by atoms with Crippen molar-refractivity contribution in [3.8, 4) is 0 Å². The zero-order valence-electron chi connectivity index (χ0n) is 11.9. The molecule has 0 aliphatic rings. The molecule has 0 radical (unpaired) electrons. The fourth-order valence-electron chi connectivity index (χ4n) is 1.98. The Morgan fingerprint density at radius 2 is 2.14 bits per heavy atom. The zero-order chi connectivity index (χ0) is 15.1. The van der Waals surface area contributed by atoms with Crippen LogP contribution in [0.1, 0.15) is 36.0 Å². The average Bonchev–Trinajstić information content (AvgIpc) is 2.94. The van der Waals surface area contributed by atoms with Gasteiger partial charge in [0.15, 0.2) is 0 Å². The lowest BCUT2D eigenvalue weighted by Gasteiger charge is -2.04. The Labute approximate surface area is 122 Å². The highest BCUT2D eigenvalue weighted by Gasteiger charge is 2.11. The van der Waals surface area contributed by atoms with Gasteiger partial charge in [-0.15, -0.1) is 0 Å². The number of carbonyl (C=O) groups excluding carboxylic acids is 2. The van der Waals surface area contributed by atoms with Crippen molar-refractivity contribution in [3.05, 3.63) is 30.4 Å². The van der Waals surface area contributed by atoms with E-state index in [-0.39, 0.29) is 11.9 Å². The van der Waals surface area contributed by atoms with Gasteiger partial charge in [0.2, 0.25) is 0 Å². The zero-order valence-corrected chi connectivity index (χ0v) is 11.9. The molecule has 2 rings (SSSR count). The summed E-state index contributed by atoms with van der Waals surface area (Å²) < 4.78 is 6.17. The first-order chi connectivity index (χ1) is 10.2. The van der Waals surface area contributed by atoms with Crippen LogP contribution in [0.5, 0.6) is 0 Å². The summed E-state index contributed by atoms with van der Waals surface area (Å²) in [7, 11) is 1.38. The number of nitrogens with one attached hydrogen (secondary N) is 1. The third-order valence-electron chi connectivity index (χ3n) is 3.14. The summed E-state index contributed by atoms with van der Waals surface area (Å²) >= 11 is 0. The van der Waals surface area contributed by atoms with Gasteiger partial charge in [-0.1, -0.05) is 6.42 Å². The predicted molar refractivity (Wildman–Crippen MR) is 75.8 cm³/mol. The number of ether oxygens (including phenoxy) is 1. The number of hydrogen-bond acceptors (Lipinski definition) is 5. The van der Waals surface area contributed by atoms with Crippen molar-refractivity contribution < 1.29 is 14.3 Å². The predicted octanol–water partition coefficient (Wildman–Crippen LogP) is 1.19. The molecule has 0 saturated carbocycles. The second-order valence-corrected chi connectivity index (χ2v) is 4.61. The Morgan fingerprint density at radius 3 is 2.95 bits per heavy atom. The molecule has 0 aliphatic heterocycles. The monoisotopic (exact) mass is 290 g/mol. The molecule has 1 N–H and O–H groups in total. The summed E-state index contributed by atoms with van der Waals surface area (Å²) in [5.41, 5.74) is 1.19. The minimum atomic E-state index is -0.196. The summed E-state index contributed by atoms with van der Waals surface area (Å²) in [5, 5.41) is 6.93. The van der Waals surface area contributed by atoms with Gasteiger partial charge in [0.05, 0.1) is 30.6 Å². The topological polar surface area (TPSA) is 85.6 Å². The maximum Gasteiger partial charge on any atom is 0.305 e. The van der Waals surface area contributed by atoms with Crippen molar-refractivity contribution in [1.29, 1.82) is 0 Å². The number of carbonyl (C=O) groups is 2. The highest BCUT2D eigenvalue weighted by Crippen LogP contribution is 2.08. The van der Waals surface area contributed by atoms with Crippen LogP contribution in [0.25, 0.3) is 5.52 Å². The Balaban J connectivity index is 1.74. The molecule has 2 heterocycles. The molecule has 0 bridgehead atoms. The first kappa shape index (κ1) is 15.0. The van der Waals surface area contributed by atoms with Crippen LogP contribution < -0.4 is 5.32 Å². The second kappa shape index (κ2) is 7.37. The standard InChI is InChI=1S/C14H18N4O3/c1-21-13(19)5-3-2-4-6-16-14(20)11-9-17-18-8-7-15-10-12(11)18/h7-10H,2-6H2,1H3,(H,16,20). The van der Waals surface area contributed by atoms with Crippen molar-refractivity contribution in [2.24, 2.45) is 0 Å². The molecule has 0 aromatic carbocycles. The molecule has 2 aromatic heterocycles. The van der Waals surface area contributed by atoms with Gasteiger partial charge in [-0.3, -0.25) is 14.6 Å². The molecule has 0 spiro atoms. The lowest BCUT2D eigenvalue weighted by Crippen LogP contribution is -2.24. The lowest BCUT2D eigenvalue weighted by atomic mass is 10.2. The number of rotatable bonds is 7. The number of hydrogen-bond donors (Lipinski definition) is 1. The van der Waals surface area contributed by atoms with Gasteiger partial charge in [-0.25, -0.2) is 4.52 Å². The number of amides is 1. The van der Waals surface area contributed by atoms with E-state index in [9.17, 15) is 9.59 Å². The SMILES string of the molecule is COC(=O)CCCCCNC(=O)c1cnn2ccncc12. The molecule has 0 fully saturated rings. The fraction of sp³-hybridized carbons (Fsp3) is 0.429. The van der Waals surface area contributed by atoms with Gasteiger partial charge in [0.25, 0.3) is 5.91 Å². The number of nitrogens with zero attached hydrogens (tertiary/aromatic N) is 3. The van der Waals surface area contributed by atoms with E-state index in [0.29, 0.717) is 24.0 Å². The number of aromatic nitrogens is 3. The number of methoxy groups -OCH3 is 1. The van der Waals surface area contributed by atoms with Crippen LogP contribution >= 0.6 is 0 Å². The molecule has 0 unspecified atom stereocenters. The third kappa shape index (κ3) is 4.01. The lowest BCUT2D eigenvalue weighted by molar-refractivity contribution is -0.140. The van der Waals surface area contributed by atoms with Crippen LogP contribution in [-0.2, 0) is 9.53 Å². The van der Waals surface area contributed by atoms with Crippen molar-refractivity contribution in [3.63, 3.8) is 0 Å². The summed E-state index contributed by atoms with van der Waals surface area (Å²) in [6.07, 6.45) is 9.32. The van der Waals surface area contributed by atoms with E-state index in [4.69, 9.17) is 0 Å². The van der Waals surface area contributed by atoms with Crippen molar-refractivity contribution in [1.82, 2.24) is 19.9 Å². The van der Waals surface area contributed by atoms with Gasteiger partial charge >= 0.3 is 5.97 Å². The van der Waals surface area contributed by atoms with E-state index in [2.05, 4.69) is 20.1 Å². The second-order valence-electron chi connectivity index (χ2n) is 4.61. The van der Waals surface area contributed by atoms with E-state index in [1.54, 1.807) is 23.1 Å². The molecular weight excluding hydrogens is 272 g/mol. The summed E-state index contributed by atoms with van der Waals surface area (Å²) in [6, 6.07) is 0. The maximum absolute atomic E-state index is 12.0. The van der Waals surface area contributed by atoms with Crippen LogP contribution in [0.2, 0.25) is 0 Å². The normalized spacial score (nSPS) is 10.5. The van der Waals surface area contributed by atoms with Gasteiger partial charge in [0, 0.05) is 25.4 Å². The fourth-order valence-corrected chi connectivity index (χ4v) is 1.98. The van der Waals surface area contributed by atoms with Gasteiger partial charge < -0.3 is 10.1 Å². The maximum atomic E-state index is 12.0. The van der Waals surface area contributed by atoms with E-state index in [1.807, 2.05) is 0 Å². The quantitative estimate of drug-likeness (QED) is 0.611. The number of unbranched alkanes of at least 4 members (excludes halogenated alkanes) is 2. The molecule has 21 heavy (non-hydrogen) atoms. The van der Waals surface area contributed by atoms with E-state index < -0.39 is 0 Å². The van der Waals surface area contributed by atoms with Crippen molar-refractivity contribution in [2.45, 2.75) is 25.7 Å². The molecule has 7 nitrogen and oxygen atoms in total. The molecule has 7 heteroatoms. The Bertz CT molecular complexity index is 623. The average molecular weight is 290 g/mol. The largest absolute Gasteiger partial charge is 0.469 e. The molecule has 0 saturated heterocycles. The van der Waals surface area contributed by atoms with Crippen LogP contribution in [0.3, 0.4) is 0 Å². The Hall–Kier alpha value is -2.44. The molecular formula is C14H18N4O3. The Kier molecular flexibility index (Phi) is 5.25. The first-order valence-electron chi connectivity index (χ1n) is 6.84. The smallest absolute Gasteiger partial charge is 0.305 e. The van der Waals surface area contributed by atoms with Gasteiger partial charge in [-0.05, 0) is 12.8 Å². The highest BCUT2D eigenvalue weighted by molar-refractivity contribution is 6.00. The van der Waals surface area contributed by atoms with Gasteiger partial charge in [-0.2, -0.15) is 5.10 Å². The first-order valence-corrected chi connectivity index (χ1v) is 6.84. The third-order valence-corrected chi connectivity index (χ3v) is 3.14. The molecule has 112 valence electrons. The van der Waals surface area contributed by atoms with Crippen molar-refractivity contribution >= 4 is 17.4 Å². The minimum absolute atomic E-state index is 0.161. The molecule has 2 aromatic rings. The summed E-state index contributed by atoms with van der Waals surface area (Å²) in [6.45, 7) is 0.567. The highest BCUT2D eigenvalue weighted by atomic mass is 16.5. The van der Waals surface area contributed by atoms with Crippen LogP contribution in [0.4, 0.5) is 0 Å². The van der Waals surface area contributed by atoms with E-state index in [1.165, 1.54) is 13.3 Å². The van der Waals surface area contributed by atoms with E-state index in [0.717, 1.165) is 19.3 Å². The molecule has 1 amide bonds. The summed E-state index contributed by atoms with van der Waals surface area (Å²) in [4.78, 5) is 27.0. The van der Waals surface area contributed by atoms with Crippen LogP contribution in [-0.4, -0.2) is 40.1 Å². The van der Waals surface area contributed by atoms with Crippen LogP contribution in [0, 0.1) is 0 Å². The minimum Gasteiger partial charge on any atom is -0.469 e. The van der Waals surface area contributed by atoms with Gasteiger partial charge in [0.1, 0.15) is 0 Å². The Morgan fingerprint density at radius 1 is 1.29 bits per heavy atom. The molecule has 0 aliphatic carbocycles. The van der Waals surface area contributed by atoms with E-state index >= 15 is 0 Å². The summed E-state index contributed by atoms with van der Waals surface area (Å²) in [5.74, 6) is -0.358. The number of esters is 1.